The van der Waals surface area contributed by atoms with E-state index in [1.54, 1.807) is 0 Å². The normalized spacial score (nSPS) is 12.0. The van der Waals surface area contributed by atoms with E-state index >= 15 is 0 Å². The maximum atomic E-state index is 13.3. The van der Waals surface area contributed by atoms with E-state index in [0.29, 0.717) is 13.0 Å². The van der Waals surface area contributed by atoms with Gasteiger partial charge in [0.15, 0.2) is 0 Å². The molecule has 1 amide bonds. The molecule has 0 aliphatic rings. The Morgan fingerprint density at radius 1 is 0.706 bits per heavy atom. The Morgan fingerprint density at radius 3 is 1.47 bits per heavy atom. The first-order valence-corrected chi connectivity index (χ1v) is 11.7. The van der Waals surface area contributed by atoms with Crippen molar-refractivity contribution in [3.05, 3.63) is 156 Å². The Hall–Kier alpha value is -3.91. The summed E-state index contributed by atoms with van der Waals surface area (Å²) in [4.78, 5) is 13.3. The van der Waals surface area contributed by atoms with Crippen molar-refractivity contribution in [2.24, 2.45) is 0 Å². The van der Waals surface area contributed by atoms with Gasteiger partial charge >= 0.3 is 0 Å². The Morgan fingerprint density at radius 2 is 1.09 bits per heavy atom. The van der Waals surface area contributed by atoms with Crippen LogP contribution in [0, 0.1) is 0 Å². The van der Waals surface area contributed by atoms with E-state index in [1.807, 2.05) is 31.2 Å². The molecule has 0 aliphatic carbocycles. The quantitative estimate of drug-likeness (QED) is 0.221. The minimum atomic E-state index is -0.564. The number of benzene rings is 4. The zero-order valence-electron chi connectivity index (χ0n) is 19.7. The van der Waals surface area contributed by atoms with Crippen LogP contribution in [0.25, 0.3) is 0 Å². The highest BCUT2D eigenvalue weighted by Crippen LogP contribution is 2.51. The number of carbonyl (C=O) groups excluding carboxylic acids is 1. The highest BCUT2D eigenvalue weighted by Gasteiger charge is 2.45. The molecule has 1 unspecified atom stereocenters. The molecule has 2 nitrogen and oxygen atoms in total. The molecule has 0 spiro atoms. The average Bonchev–Trinajstić information content (AvgIpc) is 2.90. The molecule has 2 heteroatoms. The van der Waals surface area contributed by atoms with Crippen LogP contribution in [-0.4, -0.2) is 12.5 Å². The van der Waals surface area contributed by atoms with Crippen LogP contribution in [0.1, 0.15) is 41.5 Å². The van der Waals surface area contributed by atoms with Crippen LogP contribution in [0.4, 0.5) is 0 Å². The minimum absolute atomic E-state index is 0.0176. The van der Waals surface area contributed by atoms with E-state index in [2.05, 4.69) is 109 Å². The molecular weight excluding hydrogens is 414 g/mol. The van der Waals surface area contributed by atoms with Gasteiger partial charge in [-0.2, -0.15) is 0 Å². The number of carbonyl (C=O) groups is 1. The lowest BCUT2D eigenvalue weighted by Crippen LogP contribution is -2.39. The highest BCUT2D eigenvalue weighted by atomic mass is 16.1. The first-order valence-electron chi connectivity index (χ1n) is 11.7. The number of amides is 1. The summed E-state index contributed by atoms with van der Waals surface area (Å²) in [5, 5.41) is 3.07. The predicted molar refractivity (Wildman–Crippen MR) is 141 cm³/mol. The summed E-state index contributed by atoms with van der Waals surface area (Å²) < 4.78 is 0. The molecular formula is C32H31NO. The van der Waals surface area contributed by atoms with Crippen LogP contribution >= 0.6 is 0 Å². The third-order valence-electron chi connectivity index (χ3n) is 6.39. The SMILES string of the molecule is C=C(C)CNC(=O)CC(c1ccccc1)C(c1ccccc1)(c1ccccc1)c1ccccc1. The van der Waals surface area contributed by atoms with Crippen LogP contribution < -0.4 is 5.32 Å². The molecule has 0 bridgehead atoms. The number of nitrogens with one attached hydrogen (secondary N) is 1. The van der Waals surface area contributed by atoms with Crippen molar-refractivity contribution in [1.29, 1.82) is 0 Å². The lowest BCUT2D eigenvalue weighted by molar-refractivity contribution is -0.121. The van der Waals surface area contributed by atoms with Crippen molar-refractivity contribution in [3.63, 3.8) is 0 Å². The second kappa shape index (κ2) is 10.8. The Balaban J connectivity index is 2.01. The van der Waals surface area contributed by atoms with Gasteiger partial charge in [-0.1, -0.05) is 133 Å². The van der Waals surface area contributed by atoms with Gasteiger partial charge in [0, 0.05) is 18.9 Å². The van der Waals surface area contributed by atoms with E-state index in [1.165, 1.54) is 0 Å². The maximum absolute atomic E-state index is 13.3. The molecule has 4 aromatic carbocycles. The van der Waals surface area contributed by atoms with Crippen LogP contribution in [-0.2, 0) is 10.2 Å². The Kier molecular flexibility index (Phi) is 7.39. The summed E-state index contributed by atoms with van der Waals surface area (Å²) >= 11 is 0. The number of hydrogen-bond acceptors (Lipinski definition) is 1. The first-order chi connectivity index (χ1) is 16.6. The van der Waals surface area contributed by atoms with Gasteiger partial charge in [0.25, 0.3) is 0 Å². The molecule has 0 saturated carbocycles. The van der Waals surface area contributed by atoms with Gasteiger partial charge in [-0.25, -0.2) is 0 Å². The van der Waals surface area contributed by atoms with Crippen LogP contribution in [0.3, 0.4) is 0 Å². The van der Waals surface area contributed by atoms with Gasteiger partial charge in [0.1, 0.15) is 0 Å². The molecule has 1 N–H and O–H groups in total. The van der Waals surface area contributed by atoms with Gasteiger partial charge in [0.2, 0.25) is 5.91 Å². The van der Waals surface area contributed by atoms with Crippen LogP contribution in [0.5, 0.6) is 0 Å². The fraction of sp³-hybridized carbons (Fsp3) is 0.156. The lowest BCUT2D eigenvalue weighted by Gasteiger charge is -2.43. The van der Waals surface area contributed by atoms with Crippen molar-refractivity contribution >= 4 is 5.91 Å². The lowest BCUT2D eigenvalue weighted by atomic mass is 9.59. The second-order valence-corrected chi connectivity index (χ2v) is 8.81. The predicted octanol–water partition coefficient (Wildman–Crippen LogP) is 6.89. The summed E-state index contributed by atoms with van der Waals surface area (Å²) in [5.74, 6) is -0.116. The smallest absolute Gasteiger partial charge is 0.220 e. The zero-order chi connectivity index (χ0) is 23.8. The summed E-state index contributed by atoms with van der Waals surface area (Å²) in [7, 11) is 0. The third kappa shape index (κ3) is 4.87. The Labute approximate surface area is 203 Å². The third-order valence-corrected chi connectivity index (χ3v) is 6.39. The van der Waals surface area contributed by atoms with Crippen molar-refractivity contribution in [2.45, 2.75) is 24.7 Å². The fourth-order valence-corrected chi connectivity index (χ4v) is 4.92. The molecule has 34 heavy (non-hydrogen) atoms. The van der Waals surface area contributed by atoms with E-state index in [9.17, 15) is 4.79 Å². The van der Waals surface area contributed by atoms with E-state index < -0.39 is 5.41 Å². The van der Waals surface area contributed by atoms with Crippen molar-refractivity contribution in [2.75, 3.05) is 6.54 Å². The molecule has 4 aromatic rings. The van der Waals surface area contributed by atoms with Gasteiger partial charge in [-0.05, 0) is 29.2 Å². The molecule has 0 aliphatic heterocycles. The molecule has 0 radical (unpaired) electrons. The number of rotatable bonds is 9. The summed E-state index contributed by atoms with van der Waals surface area (Å²) in [6, 6.07) is 42.1. The topological polar surface area (TPSA) is 29.1 Å². The molecule has 0 fully saturated rings. The van der Waals surface area contributed by atoms with Crippen LogP contribution in [0.2, 0.25) is 0 Å². The van der Waals surface area contributed by atoms with E-state index in [0.717, 1.165) is 27.8 Å². The van der Waals surface area contributed by atoms with Crippen LogP contribution in [0.15, 0.2) is 133 Å². The van der Waals surface area contributed by atoms with Crippen molar-refractivity contribution < 1.29 is 4.79 Å². The largest absolute Gasteiger partial charge is 0.352 e. The highest BCUT2D eigenvalue weighted by molar-refractivity contribution is 5.78. The van der Waals surface area contributed by atoms with Crippen molar-refractivity contribution in [1.82, 2.24) is 5.32 Å². The standard InChI is InChI=1S/C32H31NO/c1-25(2)24-33-31(34)23-30(26-15-7-3-8-16-26)32(27-17-9-4-10-18-27,28-19-11-5-12-20-28)29-21-13-6-14-22-29/h3-22,30H,1,23-24H2,2H3,(H,33,34). The molecule has 4 rings (SSSR count). The Bertz CT molecular complexity index is 1100. The monoisotopic (exact) mass is 445 g/mol. The van der Waals surface area contributed by atoms with E-state index in [4.69, 9.17) is 0 Å². The zero-order valence-corrected chi connectivity index (χ0v) is 19.7. The maximum Gasteiger partial charge on any atom is 0.220 e. The molecule has 1 atom stereocenters. The van der Waals surface area contributed by atoms with Gasteiger partial charge in [-0.3, -0.25) is 4.79 Å². The molecule has 170 valence electrons. The van der Waals surface area contributed by atoms with Crippen molar-refractivity contribution in [3.8, 4) is 0 Å². The summed E-state index contributed by atoms with van der Waals surface area (Å²) in [6.07, 6.45) is 0.343. The molecule has 0 saturated heterocycles. The fourth-order valence-electron chi connectivity index (χ4n) is 4.92. The van der Waals surface area contributed by atoms with Gasteiger partial charge in [-0.15, -0.1) is 0 Å². The summed E-state index contributed by atoms with van der Waals surface area (Å²) in [6.45, 7) is 6.35. The summed E-state index contributed by atoms with van der Waals surface area (Å²) in [5.41, 5.74) is 4.98. The first kappa shape index (κ1) is 23.3. The van der Waals surface area contributed by atoms with E-state index in [-0.39, 0.29) is 11.8 Å². The number of hydrogen-bond donors (Lipinski definition) is 1. The molecule has 0 heterocycles. The minimum Gasteiger partial charge on any atom is -0.352 e. The molecule has 0 aromatic heterocycles. The average molecular weight is 446 g/mol. The van der Waals surface area contributed by atoms with Gasteiger partial charge < -0.3 is 5.32 Å². The second-order valence-electron chi connectivity index (χ2n) is 8.81. The van der Waals surface area contributed by atoms with Gasteiger partial charge in [0.05, 0.1) is 5.41 Å².